The van der Waals surface area contributed by atoms with Gasteiger partial charge >= 0.3 is 0 Å². The van der Waals surface area contributed by atoms with Gasteiger partial charge in [0, 0.05) is 28.9 Å². The summed E-state index contributed by atoms with van der Waals surface area (Å²) in [6.45, 7) is 4.16. The lowest BCUT2D eigenvalue weighted by atomic mass is 9.56. The minimum Gasteiger partial charge on any atom is -0.299 e. The minimum absolute atomic E-state index is 0.0457. The van der Waals surface area contributed by atoms with Crippen LogP contribution >= 0.6 is 0 Å². The molecule has 5 heteroatoms. The molecule has 0 radical (unpaired) electrons. The number of halogens is 2. The van der Waals surface area contributed by atoms with Crippen LogP contribution in [0, 0.1) is 23.5 Å². The summed E-state index contributed by atoms with van der Waals surface area (Å²) in [5.41, 5.74) is 2.67. The number of nitrogens with zero attached hydrogens (tertiary/aromatic N) is 2. The molecule has 3 atom stereocenters. The van der Waals surface area contributed by atoms with Gasteiger partial charge in [0.2, 0.25) is 0 Å². The predicted molar refractivity (Wildman–Crippen MR) is 115 cm³/mol. The van der Waals surface area contributed by atoms with Crippen molar-refractivity contribution in [1.82, 2.24) is 9.97 Å². The molecular formula is C26H24F2N2O. The highest BCUT2D eigenvalue weighted by atomic mass is 19.1. The molecule has 0 amide bonds. The highest BCUT2D eigenvalue weighted by Crippen LogP contribution is 2.52. The molecule has 3 nitrogen and oxygen atoms in total. The Balaban J connectivity index is 1.79. The first-order chi connectivity index (χ1) is 14.9. The largest absolute Gasteiger partial charge is 0.299 e. The number of benzene rings is 2. The smallest absolute Gasteiger partial charge is 0.163 e. The van der Waals surface area contributed by atoms with Gasteiger partial charge in [-0.05, 0) is 49.4 Å². The zero-order chi connectivity index (χ0) is 21.8. The van der Waals surface area contributed by atoms with Gasteiger partial charge < -0.3 is 0 Å². The molecule has 0 saturated heterocycles. The maximum atomic E-state index is 14.8. The Morgan fingerprint density at radius 3 is 2.26 bits per heavy atom. The fourth-order valence-electron chi connectivity index (χ4n) is 5.57. The standard InChI is InChI=1S/C26H24F2N2O/c1-15-19-12-11-18-23(16-7-3-5-9-20(16)27)29-25(17-8-4-6-10-21(17)28)30-24(18)26(19,2)14-13-22(15)31/h3-10,15,19H,11-14H2,1-2H3/t15-,19-,26-/m1/s1. The molecule has 5 rings (SSSR count). The van der Waals surface area contributed by atoms with Crippen LogP contribution in [0.2, 0.25) is 0 Å². The average molecular weight is 418 g/mol. The number of carbonyl (C=O) groups excluding carboxylic acids is 1. The first-order valence-electron chi connectivity index (χ1n) is 10.8. The second-order valence-corrected chi connectivity index (χ2v) is 9.00. The summed E-state index contributed by atoms with van der Waals surface area (Å²) in [7, 11) is 0. The molecule has 1 fully saturated rings. The second-order valence-electron chi connectivity index (χ2n) is 9.00. The van der Waals surface area contributed by atoms with Crippen molar-refractivity contribution in [3.8, 4) is 22.6 Å². The Bertz CT molecular complexity index is 1190. The molecular weight excluding hydrogens is 394 g/mol. The van der Waals surface area contributed by atoms with Crippen molar-refractivity contribution in [1.29, 1.82) is 0 Å². The van der Waals surface area contributed by atoms with Gasteiger partial charge in [-0.15, -0.1) is 0 Å². The summed E-state index contributed by atoms with van der Waals surface area (Å²) >= 11 is 0. The fraction of sp³-hybridized carbons (Fsp3) is 0.346. The zero-order valence-corrected chi connectivity index (χ0v) is 17.7. The second kappa shape index (κ2) is 7.33. The van der Waals surface area contributed by atoms with Gasteiger partial charge in [-0.3, -0.25) is 4.79 Å². The monoisotopic (exact) mass is 418 g/mol. The quantitative estimate of drug-likeness (QED) is 0.520. The zero-order valence-electron chi connectivity index (χ0n) is 17.7. The third-order valence-corrected chi connectivity index (χ3v) is 7.32. The van der Waals surface area contributed by atoms with Crippen LogP contribution in [0.4, 0.5) is 8.78 Å². The van der Waals surface area contributed by atoms with E-state index in [4.69, 9.17) is 9.97 Å². The van der Waals surface area contributed by atoms with Crippen molar-refractivity contribution in [3.63, 3.8) is 0 Å². The van der Waals surface area contributed by atoms with Gasteiger partial charge in [0.1, 0.15) is 17.4 Å². The Kier molecular flexibility index (Phi) is 4.72. The topological polar surface area (TPSA) is 42.9 Å². The van der Waals surface area contributed by atoms with Gasteiger partial charge in [-0.1, -0.05) is 38.1 Å². The highest BCUT2D eigenvalue weighted by Gasteiger charge is 2.49. The van der Waals surface area contributed by atoms with Gasteiger partial charge in [0.15, 0.2) is 5.82 Å². The number of ketones is 1. The SMILES string of the molecule is C[C@H]1C(=O)CC[C@@]2(C)c3nc(-c4ccccc4F)nc(-c4ccccc4F)c3CC[C@H]12. The molecule has 1 heterocycles. The summed E-state index contributed by atoms with van der Waals surface area (Å²) in [6.07, 6.45) is 2.70. The van der Waals surface area contributed by atoms with Gasteiger partial charge in [0.05, 0.1) is 17.0 Å². The first kappa shape index (κ1) is 20.0. The molecule has 2 aliphatic carbocycles. The van der Waals surface area contributed by atoms with Crippen molar-refractivity contribution in [2.75, 3.05) is 0 Å². The van der Waals surface area contributed by atoms with E-state index in [1.165, 1.54) is 12.1 Å². The summed E-state index contributed by atoms with van der Waals surface area (Å²) in [6, 6.07) is 13.0. The number of hydrogen-bond acceptors (Lipinski definition) is 3. The van der Waals surface area contributed by atoms with Crippen molar-refractivity contribution in [2.24, 2.45) is 11.8 Å². The van der Waals surface area contributed by atoms with Crippen LogP contribution in [0.25, 0.3) is 22.6 Å². The Hall–Kier alpha value is -2.95. The van der Waals surface area contributed by atoms with Crippen molar-refractivity contribution >= 4 is 5.78 Å². The lowest BCUT2D eigenvalue weighted by molar-refractivity contribution is -0.128. The van der Waals surface area contributed by atoms with Gasteiger partial charge in [0.25, 0.3) is 0 Å². The molecule has 31 heavy (non-hydrogen) atoms. The number of hydrogen-bond donors (Lipinski definition) is 0. The normalized spacial score (nSPS) is 25.1. The number of carbonyl (C=O) groups is 1. The van der Waals surface area contributed by atoms with E-state index in [1.807, 2.05) is 6.92 Å². The molecule has 1 saturated carbocycles. The van der Waals surface area contributed by atoms with E-state index in [2.05, 4.69) is 6.92 Å². The molecule has 1 aromatic heterocycles. The molecule has 0 spiro atoms. The Labute approximate surface area is 180 Å². The van der Waals surface area contributed by atoms with E-state index >= 15 is 0 Å². The van der Waals surface area contributed by atoms with Gasteiger partial charge in [-0.2, -0.15) is 0 Å². The molecule has 0 unspecified atom stereocenters. The summed E-state index contributed by atoms with van der Waals surface area (Å²) in [5.74, 6) is -0.0899. The van der Waals surface area contributed by atoms with Crippen LogP contribution in [0.5, 0.6) is 0 Å². The average Bonchev–Trinajstić information content (AvgIpc) is 2.77. The number of Topliss-reactive ketones (excluding diaryl/α,β-unsaturated/α-hetero) is 1. The van der Waals surface area contributed by atoms with E-state index in [0.717, 1.165) is 17.7 Å². The molecule has 3 aromatic rings. The summed E-state index contributed by atoms with van der Waals surface area (Å²) < 4.78 is 29.5. The van der Waals surface area contributed by atoms with Crippen LogP contribution in [0.15, 0.2) is 48.5 Å². The van der Waals surface area contributed by atoms with E-state index < -0.39 is 5.82 Å². The molecule has 2 aromatic carbocycles. The summed E-state index contributed by atoms with van der Waals surface area (Å²) in [5, 5.41) is 0. The van der Waals surface area contributed by atoms with Crippen molar-refractivity contribution in [3.05, 3.63) is 71.4 Å². The highest BCUT2D eigenvalue weighted by molar-refractivity contribution is 5.83. The van der Waals surface area contributed by atoms with Crippen LogP contribution < -0.4 is 0 Å². The number of aromatic nitrogens is 2. The van der Waals surface area contributed by atoms with Crippen LogP contribution in [-0.4, -0.2) is 15.8 Å². The fourth-order valence-corrected chi connectivity index (χ4v) is 5.57. The molecule has 0 aliphatic heterocycles. The lowest BCUT2D eigenvalue weighted by Crippen LogP contribution is -2.47. The van der Waals surface area contributed by atoms with Crippen LogP contribution in [-0.2, 0) is 16.6 Å². The molecule has 2 aliphatic rings. The molecule has 158 valence electrons. The van der Waals surface area contributed by atoms with E-state index in [9.17, 15) is 13.6 Å². The first-order valence-corrected chi connectivity index (χ1v) is 10.8. The molecule has 0 bridgehead atoms. The number of fused-ring (bicyclic) bond motifs is 3. The Morgan fingerprint density at radius 1 is 0.935 bits per heavy atom. The van der Waals surface area contributed by atoms with Gasteiger partial charge in [-0.25, -0.2) is 18.7 Å². The Morgan fingerprint density at radius 2 is 1.58 bits per heavy atom. The maximum Gasteiger partial charge on any atom is 0.163 e. The van der Waals surface area contributed by atoms with E-state index in [1.54, 1.807) is 36.4 Å². The van der Waals surface area contributed by atoms with E-state index in [0.29, 0.717) is 41.9 Å². The third kappa shape index (κ3) is 3.10. The lowest BCUT2D eigenvalue weighted by Gasteiger charge is -2.48. The van der Waals surface area contributed by atoms with Crippen molar-refractivity contribution < 1.29 is 13.6 Å². The number of rotatable bonds is 2. The van der Waals surface area contributed by atoms with Crippen molar-refractivity contribution in [2.45, 2.75) is 44.9 Å². The van der Waals surface area contributed by atoms with Crippen LogP contribution in [0.1, 0.15) is 44.4 Å². The molecule has 0 N–H and O–H groups in total. The summed E-state index contributed by atoms with van der Waals surface area (Å²) in [4.78, 5) is 22.0. The maximum absolute atomic E-state index is 14.8. The third-order valence-electron chi connectivity index (χ3n) is 7.32. The van der Waals surface area contributed by atoms with Crippen LogP contribution in [0.3, 0.4) is 0 Å². The predicted octanol–water partition coefficient (Wildman–Crippen LogP) is 5.91. The van der Waals surface area contributed by atoms with E-state index in [-0.39, 0.29) is 28.9 Å². The minimum atomic E-state index is -0.411.